The van der Waals surface area contributed by atoms with Gasteiger partial charge in [-0.25, -0.2) is 4.39 Å². The number of methoxy groups -OCH3 is 1. The van der Waals surface area contributed by atoms with Crippen LogP contribution in [0.25, 0.3) is 10.9 Å². The second-order valence-corrected chi connectivity index (χ2v) is 7.27. The summed E-state index contributed by atoms with van der Waals surface area (Å²) in [5, 5.41) is 9.95. The van der Waals surface area contributed by atoms with Gasteiger partial charge in [-0.15, -0.1) is 11.3 Å². The van der Waals surface area contributed by atoms with Crippen molar-refractivity contribution in [1.82, 2.24) is 4.57 Å². The number of hydrogen-bond acceptors (Lipinski definition) is 5. The topological polar surface area (TPSA) is 77.8 Å². The van der Waals surface area contributed by atoms with E-state index in [2.05, 4.69) is 4.74 Å². The van der Waals surface area contributed by atoms with Crippen LogP contribution in [-0.2, 0) is 11.2 Å². The van der Waals surface area contributed by atoms with E-state index in [1.165, 1.54) is 20.1 Å². The molecule has 0 amide bonds. The van der Waals surface area contributed by atoms with Gasteiger partial charge in [0.05, 0.1) is 24.6 Å². The molecule has 2 heterocycles. The number of hydrogen-bond donors (Lipinski definition) is 1. The fourth-order valence-electron chi connectivity index (χ4n) is 3.06. The standard InChI is InChI=1S/C19H14F5NO5S/c1-8-10(5-15(26)27)11-4-14(29-2)12(20)6-13(11)25(8)17(28)9-3-16(31-7-9)30-19(23,24)18(21)22/h3-4,6-7,18H,5H2,1-2H3,(H,26,27). The summed E-state index contributed by atoms with van der Waals surface area (Å²) >= 11 is 0.497. The molecular weight excluding hydrogens is 449 g/mol. The average molecular weight is 463 g/mol. The van der Waals surface area contributed by atoms with Gasteiger partial charge in [-0.1, -0.05) is 0 Å². The first kappa shape index (κ1) is 22.5. The van der Waals surface area contributed by atoms with Crippen LogP contribution in [0.2, 0.25) is 0 Å². The lowest BCUT2D eigenvalue weighted by Crippen LogP contribution is -2.33. The van der Waals surface area contributed by atoms with E-state index in [1.807, 2.05) is 0 Å². The van der Waals surface area contributed by atoms with Gasteiger partial charge in [0.1, 0.15) is 0 Å². The zero-order valence-electron chi connectivity index (χ0n) is 15.9. The first-order valence-electron chi connectivity index (χ1n) is 8.53. The fraction of sp³-hybridized carbons (Fsp3) is 0.263. The van der Waals surface area contributed by atoms with Crippen molar-refractivity contribution in [2.75, 3.05) is 7.11 Å². The molecule has 6 nitrogen and oxygen atoms in total. The maximum atomic E-state index is 14.3. The van der Waals surface area contributed by atoms with Crippen molar-refractivity contribution >= 4 is 34.1 Å². The SMILES string of the molecule is COc1cc2c(CC(=O)O)c(C)n(C(=O)c3csc(OC(F)(F)C(F)F)c3)c2cc1F. The number of carbonyl (C=O) groups is 2. The molecule has 0 aliphatic heterocycles. The summed E-state index contributed by atoms with van der Waals surface area (Å²) in [6.07, 6.45) is -9.29. The molecule has 31 heavy (non-hydrogen) atoms. The number of ether oxygens (including phenoxy) is 2. The lowest BCUT2D eigenvalue weighted by atomic mass is 10.1. The summed E-state index contributed by atoms with van der Waals surface area (Å²) in [5.41, 5.74) is 0.249. The molecule has 0 fully saturated rings. The molecule has 2 aromatic heterocycles. The van der Waals surface area contributed by atoms with Crippen LogP contribution < -0.4 is 9.47 Å². The third kappa shape index (κ3) is 4.20. The van der Waals surface area contributed by atoms with Crippen LogP contribution in [-0.4, -0.2) is 41.2 Å². The van der Waals surface area contributed by atoms with Crippen molar-refractivity contribution in [2.24, 2.45) is 0 Å². The van der Waals surface area contributed by atoms with Crippen molar-refractivity contribution in [3.63, 3.8) is 0 Å². The van der Waals surface area contributed by atoms with Gasteiger partial charge in [-0.05, 0) is 18.6 Å². The molecule has 3 aromatic rings. The Balaban J connectivity index is 2.10. The highest BCUT2D eigenvalue weighted by molar-refractivity contribution is 7.12. The number of aromatic nitrogens is 1. The number of thiophene rings is 1. The number of carbonyl (C=O) groups excluding carboxylic acids is 1. The van der Waals surface area contributed by atoms with E-state index in [-0.39, 0.29) is 33.5 Å². The summed E-state index contributed by atoms with van der Waals surface area (Å²) < 4.78 is 75.1. The van der Waals surface area contributed by atoms with Crippen LogP contribution in [0.4, 0.5) is 22.0 Å². The summed E-state index contributed by atoms with van der Waals surface area (Å²) in [7, 11) is 1.22. The number of halogens is 5. The molecule has 0 unspecified atom stereocenters. The lowest BCUT2D eigenvalue weighted by molar-refractivity contribution is -0.251. The number of benzene rings is 1. The van der Waals surface area contributed by atoms with E-state index in [4.69, 9.17) is 4.74 Å². The Bertz CT molecular complexity index is 1170. The number of rotatable bonds is 7. The van der Waals surface area contributed by atoms with Crippen LogP contribution in [0.3, 0.4) is 0 Å². The van der Waals surface area contributed by atoms with Crippen LogP contribution >= 0.6 is 11.3 Å². The number of nitrogens with zero attached hydrogens (tertiary/aromatic N) is 1. The Morgan fingerprint density at radius 1 is 1.26 bits per heavy atom. The van der Waals surface area contributed by atoms with Gasteiger partial charge in [-0.3, -0.25) is 14.2 Å². The highest BCUT2D eigenvalue weighted by atomic mass is 32.1. The second kappa shape index (κ2) is 8.17. The minimum atomic E-state index is -4.74. The fourth-order valence-corrected chi connectivity index (χ4v) is 3.83. The van der Waals surface area contributed by atoms with Gasteiger partial charge < -0.3 is 14.6 Å². The zero-order valence-corrected chi connectivity index (χ0v) is 16.7. The van der Waals surface area contributed by atoms with E-state index in [9.17, 15) is 36.6 Å². The zero-order chi connectivity index (χ0) is 23.1. The Labute approximate surface area is 175 Å². The molecule has 3 rings (SSSR count). The quantitative estimate of drug-likeness (QED) is 0.514. The van der Waals surface area contributed by atoms with Crippen molar-refractivity contribution in [2.45, 2.75) is 25.9 Å². The maximum Gasteiger partial charge on any atom is 0.461 e. The minimum Gasteiger partial charge on any atom is -0.494 e. The molecule has 1 aromatic carbocycles. The molecule has 0 radical (unpaired) electrons. The smallest absolute Gasteiger partial charge is 0.461 e. The maximum absolute atomic E-state index is 14.3. The van der Waals surface area contributed by atoms with Gasteiger partial charge >= 0.3 is 18.5 Å². The molecule has 1 N–H and O–H groups in total. The number of carboxylic acids is 1. The Morgan fingerprint density at radius 3 is 2.52 bits per heavy atom. The first-order chi connectivity index (χ1) is 14.5. The molecule has 0 aliphatic carbocycles. The number of aliphatic carboxylic acids is 1. The van der Waals surface area contributed by atoms with Crippen molar-refractivity contribution < 1.29 is 46.1 Å². The molecule has 166 valence electrons. The van der Waals surface area contributed by atoms with Crippen LogP contribution in [0.1, 0.15) is 21.6 Å². The summed E-state index contributed by atoms with van der Waals surface area (Å²) in [5.74, 6) is -2.98. The highest BCUT2D eigenvalue weighted by Gasteiger charge is 2.44. The van der Waals surface area contributed by atoms with Crippen molar-refractivity contribution in [3.05, 3.63) is 46.2 Å². The largest absolute Gasteiger partial charge is 0.494 e. The summed E-state index contributed by atoms with van der Waals surface area (Å²) in [6.45, 7) is 1.44. The molecule has 0 saturated heterocycles. The van der Waals surface area contributed by atoms with E-state index in [0.717, 1.165) is 22.1 Å². The molecule has 0 bridgehead atoms. The third-order valence-corrected chi connectivity index (χ3v) is 5.26. The highest BCUT2D eigenvalue weighted by Crippen LogP contribution is 2.35. The normalized spacial score (nSPS) is 11.9. The molecule has 0 aliphatic rings. The van der Waals surface area contributed by atoms with Crippen LogP contribution in [0.15, 0.2) is 23.6 Å². The molecule has 0 saturated carbocycles. The van der Waals surface area contributed by atoms with Crippen LogP contribution in [0.5, 0.6) is 10.8 Å². The number of alkyl halides is 4. The van der Waals surface area contributed by atoms with Gasteiger partial charge in [0.25, 0.3) is 5.91 Å². The predicted octanol–water partition coefficient (Wildman–Crippen LogP) is 4.71. The van der Waals surface area contributed by atoms with Gasteiger partial charge in [0.15, 0.2) is 16.6 Å². The van der Waals surface area contributed by atoms with Crippen molar-refractivity contribution in [3.8, 4) is 10.8 Å². The number of fused-ring (bicyclic) bond motifs is 1. The van der Waals surface area contributed by atoms with E-state index < -0.39 is 41.7 Å². The van der Waals surface area contributed by atoms with Gasteiger partial charge in [0, 0.05) is 28.6 Å². The Hall–Kier alpha value is -3.15. The molecule has 12 heteroatoms. The number of carboxylic acid groups (broad SMARTS) is 1. The molecule has 0 spiro atoms. The van der Waals surface area contributed by atoms with E-state index in [1.54, 1.807) is 0 Å². The van der Waals surface area contributed by atoms with Gasteiger partial charge in [-0.2, -0.15) is 17.6 Å². The monoisotopic (exact) mass is 463 g/mol. The minimum absolute atomic E-state index is 0.0311. The Morgan fingerprint density at radius 2 is 1.94 bits per heavy atom. The second-order valence-electron chi connectivity index (χ2n) is 6.40. The lowest BCUT2D eigenvalue weighted by Gasteiger charge is -2.14. The summed E-state index contributed by atoms with van der Waals surface area (Å²) in [6, 6.07) is 3.09. The predicted molar refractivity (Wildman–Crippen MR) is 100 cm³/mol. The van der Waals surface area contributed by atoms with Crippen LogP contribution in [0, 0.1) is 12.7 Å². The summed E-state index contributed by atoms with van der Waals surface area (Å²) in [4.78, 5) is 24.3. The van der Waals surface area contributed by atoms with E-state index >= 15 is 0 Å². The van der Waals surface area contributed by atoms with Crippen molar-refractivity contribution in [1.29, 1.82) is 0 Å². The van der Waals surface area contributed by atoms with E-state index in [0.29, 0.717) is 11.3 Å². The third-order valence-electron chi connectivity index (χ3n) is 4.45. The molecular formula is C19H14F5NO5S. The Kier molecular flexibility index (Phi) is 5.94. The molecule has 0 atom stereocenters. The van der Waals surface area contributed by atoms with Gasteiger partial charge in [0.2, 0.25) is 0 Å². The average Bonchev–Trinajstić information content (AvgIpc) is 3.23. The first-order valence-corrected chi connectivity index (χ1v) is 9.41.